The van der Waals surface area contributed by atoms with E-state index >= 15 is 0 Å². The number of rotatable bonds is 5. The Labute approximate surface area is 195 Å². The van der Waals surface area contributed by atoms with Crippen molar-refractivity contribution in [3.05, 3.63) is 59.7 Å². The molecule has 7 rings (SSSR count). The number of hydrogen-bond acceptors (Lipinski definition) is 4. The van der Waals surface area contributed by atoms with Gasteiger partial charge in [0.2, 0.25) is 0 Å². The van der Waals surface area contributed by atoms with Crippen LogP contribution in [0.4, 0.5) is 0 Å². The number of allylic oxidation sites excluding steroid dienone is 3. The quantitative estimate of drug-likeness (QED) is 0.533. The van der Waals surface area contributed by atoms with Gasteiger partial charge in [-0.2, -0.15) is 0 Å². The Balaban J connectivity index is 1.36. The Morgan fingerprint density at radius 1 is 0.879 bits per heavy atom. The van der Waals surface area contributed by atoms with E-state index in [4.69, 9.17) is 0 Å². The Hall–Kier alpha value is -1.92. The van der Waals surface area contributed by atoms with Crippen LogP contribution in [0.15, 0.2) is 54.1 Å². The average Bonchev–Trinajstić information content (AvgIpc) is 2.81. The van der Waals surface area contributed by atoms with Gasteiger partial charge in [-0.15, -0.1) is 0 Å². The summed E-state index contributed by atoms with van der Waals surface area (Å²) in [5.41, 5.74) is 4.27. The van der Waals surface area contributed by atoms with Crippen LogP contribution in [0.5, 0.6) is 0 Å². The van der Waals surface area contributed by atoms with Crippen LogP contribution in [0, 0.1) is 29.1 Å². The molecule has 2 aromatic rings. The molecule has 0 aromatic heterocycles. The van der Waals surface area contributed by atoms with Gasteiger partial charge in [0.25, 0.3) is 0 Å². The lowest BCUT2D eigenvalue weighted by atomic mass is 9.44. The normalized spacial score (nSPS) is 33.7. The van der Waals surface area contributed by atoms with E-state index in [0.29, 0.717) is 5.46 Å². The Morgan fingerprint density at radius 3 is 2.15 bits per heavy atom. The number of aliphatic hydroxyl groups excluding tert-OH is 2. The summed E-state index contributed by atoms with van der Waals surface area (Å²) in [6.07, 6.45) is 12.4. The summed E-state index contributed by atoms with van der Waals surface area (Å²) < 4.78 is 0. The minimum Gasteiger partial charge on any atom is -0.423 e. The van der Waals surface area contributed by atoms with Gasteiger partial charge in [-0.3, -0.25) is 0 Å². The Morgan fingerprint density at radius 2 is 1.52 bits per heavy atom. The summed E-state index contributed by atoms with van der Waals surface area (Å²) in [4.78, 5) is 0. The van der Waals surface area contributed by atoms with Gasteiger partial charge in [0.15, 0.2) is 0 Å². The lowest BCUT2D eigenvalue weighted by molar-refractivity contribution is -0.0823. The molecule has 0 heterocycles. The summed E-state index contributed by atoms with van der Waals surface area (Å²) in [5.74, 6) is 2.82. The molecule has 0 aliphatic heterocycles. The third-order valence-electron chi connectivity index (χ3n) is 9.22. The van der Waals surface area contributed by atoms with E-state index in [2.05, 4.69) is 30.4 Å². The fraction of sp³-hybridized carbons (Fsp3) is 0.500. The second-order valence-corrected chi connectivity index (χ2v) is 11.3. The minimum atomic E-state index is -1.46. The molecule has 0 spiro atoms. The smallest absolute Gasteiger partial charge is 0.423 e. The molecule has 4 N–H and O–H groups in total. The van der Waals surface area contributed by atoms with E-state index in [-0.39, 0.29) is 17.9 Å². The number of aliphatic hydroxyl groups is 2. The molecule has 172 valence electrons. The van der Waals surface area contributed by atoms with Crippen molar-refractivity contribution in [2.45, 2.75) is 51.0 Å². The van der Waals surface area contributed by atoms with Crippen molar-refractivity contribution < 1.29 is 20.3 Å². The zero-order valence-corrected chi connectivity index (χ0v) is 19.0. The molecule has 5 aliphatic carbocycles. The summed E-state index contributed by atoms with van der Waals surface area (Å²) in [6.45, 7) is -0.215. The monoisotopic (exact) mass is 444 g/mol. The van der Waals surface area contributed by atoms with E-state index in [1.54, 1.807) is 6.07 Å². The standard InChI is InChI=1S/C28H33BO4/c30-16-27(31)25-6-4-23(20-1-2-22-11-24(29(32)33)5-3-21(22)10-20)12-26(25)28-13-17-7-18(14-28)9-19(8-17)15-28/h1-6,10-11,17-19,26-27,30-33H,7-9,12-16H2. The van der Waals surface area contributed by atoms with E-state index in [9.17, 15) is 20.3 Å². The molecule has 0 amide bonds. The van der Waals surface area contributed by atoms with E-state index < -0.39 is 13.2 Å². The van der Waals surface area contributed by atoms with E-state index in [0.717, 1.165) is 40.5 Å². The van der Waals surface area contributed by atoms with Crippen LogP contribution >= 0.6 is 0 Å². The molecule has 5 aliphatic rings. The van der Waals surface area contributed by atoms with Crippen LogP contribution in [0.1, 0.15) is 50.5 Å². The minimum absolute atomic E-state index is 0.215. The summed E-state index contributed by atoms with van der Waals surface area (Å²) >= 11 is 0. The van der Waals surface area contributed by atoms with Gasteiger partial charge in [0.05, 0.1) is 12.7 Å². The highest BCUT2D eigenvalue weighted by Crippen LogP contribution is 2.65. The number of benzene rings is 2. The van der Waals surface area contributed by atoms with Crippen LogP contribution < -0.4 is 5.46 Å². The largest absolute Gasteiger partial charge is 0.488 e. The summed E-state index contributed by atoms with van der Waals surface area (Å²) in [7, 11) is -1.46. The average molecular weight is 444 g/mol. The molecular weight excluding hydrogens is 411 g/mol. The molecule has 0 saturated heterocycles. The van der Waals surface area contributed by atoms with Gasteiger partial charge in [0.1, 0.15) is 0 Å². The van der Waals surface area contributed by atoms with Crippen molar-refractivity contribution in [3.8, 4) is 0 Å². The first-order valence-corrected chi connectivity index (χ1v) is 12.5. The fourth-order valence-electron chi connectivity index (χ4n) is 8.18. The van der Waals surface area contributed by atoms with Crippen molar-refractivity contribution in [2.75, 3.05) is 6.61 Å². The maximum atomic E-state index is 10.7. The number of fused-ring (bicyclic) bond motifs is 1. The van der Waals surface area contributed by atoms with E-state index in [1.807, 2.05) is 12.1 Å². The molecule has 5 heteroatoms. The molecule has 4 saturated carbocycles. The van der Waals surface area contributed by atoms with Gasteiger partial charge in [-0.05, 0) is 113 Å². The first kappa shape index (κ1) is 21.6. The zero-order chi connectivity index (χ0) is 22.7. The zero-order valence-electron chi connectivity index (χ0n) is 19.0. The second-order valence-electron chi connectivity index (χ2n) is 11.3. The van der Waals surface area contributed by atoms with Crippen molar-refractivity contribution >= 4 is 28.9 Å². The van der Waals surface area contributed by atoms with Crippen molar-refractivity contribution in [1.82, 2.24) is 0 Å². The summed E-state index contributed by atoms with van der Waals surface area (Å²) in [5, 5.41) is 41.6. The molecule has 2 atom stereocenters. The van der Waals surface area contributed by atoms with Crippen molar-refractivity contribution in [2.24, 2.45) is 29.1 Å². The lowest BCUT2D eigenvalue weighted by Gasteiger charge is -2.60. The topological polar surface area (TPSA) is 80.9 Å². The van der Waals surface area contributed by atoms with Crippen molar-refractivity contribution in [1.29, 1.82) is 0 Å². The van der Waals surface area contributed by atoms with E-state index in [1.165, 1.54) is 49.7 Å². The Kier molecular flexibility index (Phi) is 5.30. The van der Waals surface area contributed by atoms with Gasteiger partial charge in [-0.25, -0.2) is 0 Å². The molecule has 0 radical (unpaired) electrons. The molecule has 4 fully saturated rings. The highest BCUT2D eigenvalue weighted by molar-refractivity contribution is 6.58. The third-order valence-corrected chi connectivity index (χ3v) is 9.22. The lowest BCUT2D eigenvalue weighted by Crippen LogP contribution is -2.51. The highest BCUT2D eigenvalue weighted by Gasteiger charge is 2.55. The molecule has 4 nitrogen and oxygen atoms in total. The predicted molar refractivity (Wildman–Crippen MR) is 132 cm³/mol. The summed E-state index contributed by atoms with van der Waals surface area (Å²) in [6, 6.07) is 11.9. The third kappa shape index (κ3) is 3.70. The SMILES string of the molecule is OCC(O)C1=CC=C(c2ccc3cc(B(O)O)ccc3c2)CC1C12CC3CC(CC(C3)C1)C2. The van der Waals surface area contributed by atoms with Crippen molar-refractivity contribution in [3.63, 3.8) is 0 Å². The fourth-order valence-corrected chi connectivity index (χ4v) is 8.18. The maximum absolute atomic E-state index is 10.7. The maximum Gasteiger partial charge on any atom is 0.488 e. The molecule has 2 unspecified atom stereocenters. The van der Waals surface area contributed by atoms with Gasteiger partial charge in [0, 0.05) is 0 Å². The molecule has 4 bridgehead atoms. The van der Waals surface area contributed by atoms with Crippen LogP contribution in [-0.2, 0) is 0 Å². The first-order chi connectivity index (χ1) is 15.9. The molecule has 33 heavy (non-hydrogen) atoms. The van der Waals surface area contributed by atoms with Gasteiger partial charge in [-0.1, -0.05) is 42.5 Å². The van der Waals surface area contributed by atoms with Crippen LogP contribution in [-0.4, -0.2) is 40.1 Å². The predicted octanol–water partition coefficient (Wildman–Crippen LogP) is 3.42. The number of hydrogen-bond donors (Lipinski definition) is 4. The molecule has 2 aromatic carbocycles. The van der Waals surface area contributed by atoms with Gasteiger partial charge >= 0.3 is 7.12 Å². The molecular formula is C28H33BO4. The van der Waals surface area contributed by atoms with Crippen LogP contribution in [0.25, 0.3) is 16.3 Å². The van der Waals surface area contributed by atoms with Gasteiger partial charge < -0.3 is 20.3 Å². The Bertz CT molecular complexity index is 1100. The van der Waals surface area contributed by atoms with Crippen LogP contribution in [0.3, 0.4) is 0 Å². The second kappa shape index (κ2) is 8.09. The first-order valence-electron chi connectivity index (χ1n) is 12.5. The van der Waals surface area contributed by atoms with Crippen LogP contribution in [0.2, 0.25) is 0 Å². The highest BCUT2D eigenvalue weighted by atomic mass is 16.4.